The van der Waals surface area contributed by atoms with E-state index in [4.69, 9.17) is 4.74 Å². The lowest BCUT2D eigenvalue weighted by molar-refractivity contribution is 0.362. The van der Waals surface area contributed by atoms with Crippen molar-refractivity contribution in [2.24, 2.45) is 7.05 Å². The molecule has 0 N–H and O–H groups in total. The largest absolute Gasteiger partial charge is 0.482 e. The molecular weight excluding hydrogens is 232 g/mol. The molecular formula is C13H14N2O3. The molecule has 5 heteroatoms. The number of hydrogen-bond acceptors (Lipinski definition) is 3. The number of aromatic nitrogens is 2. The standard InChI is InChI=1S/C13H14N2O3/c1-14-11(16)8-12(18-2)15(13(14)17)9-10-6-4-3-5-7-10/h3-8H,9H2,1-2H3. The quantitative estimate of drug-likeness (QED) is 0.797. The maximum absolute atomic E-state index is 12.0. The topological polar surface area (TPSA) is 53.2 Å². The summed E-state index contributed by atoms with van der Waals surface area (Å²) in [5.41, 5.74) is 0.209. The van der Waals surface area contributed by atoms with Gasteiger partial charge in [-0.05, 0) is 5.56 Å². The molecule has 0 aliphatic heterocycles. The van der Waals surface area contributed by atoms with Gasteiger partial charge in [-0.2, -0.15) is 0 Å². The van der Waals surface area contributed by atoms with Gasteiger partial charge in [-0.3, -0.25) is 13.9 Å². The molecule has 0 bridgehead atoms. The van der Waals surface area contributed by atoms with Gasteiger partial charge >= 0.3 is 5.69 Å². The van der Waals surface area contributed by atoms with Gasteiger partial charge in [-0.25, -0.2) is 4.79 Å². The van der Waals surface area contributed by atoms with Crippen LogP contribution < -0.4 is 16.0 Å². The first-order chi connectivity index (χ1) is 8.63. The second-order valence-electron chi connectivity index (χ2n) is 3.94. The molecule has 1 aromatic carbocycles. The zero-order valence-corrected chi connectivity index (χ0v) is 10.3. The second kappa shape index (κ2) is 4.91. The third kappa shape index (κ3) is 2.20. The summed E-state index contributed by atoms with van der Waals surface area (Å²) >= 11 is 0. The van der Waals surface area contributed by atoms with Gasteiger partial charge in [0.15, 0.2) is 0 Å². The highest BCUT2D eigenvalue weighted by atomic mass is 16.5. The van der Waals surface area contributed by atoms with Crippen molar-refractivity contribution in [2.75, 3.05) is 7.11 Å². The maximum Gasteiger partial charge on any atom is 0.333 e. The van der Waals surface area contributed by atoms with Crippen LogP contribution in [0.1, 0.15) is 5.56 Å². The van der Waals surface area contributed by atoms with Gasteiger partial charge in [0, 0.05) is 7.05 Å². The van der Waals surface area contributed by atoms with Crippen molar-refractivity contribution in [2.45, 2.75) is 6.54 Å². The molecule has 94 valence electrons. The molecule has 0 radical (unpaired) electrons. The van der Waals surface area contributed by atoms with E-state index in [-0.39, 0.29) is 17.1 Å². The summed E-state index contributed by atoms with van der Waals surface area (Å²) in [7, 11) is 2.89. The van der Waals surface area contributed by atoms with E-state index in [0.717, 1.165) is 10.1 Å². The zero-order chi connectivity index (χ0) is 13.1. The fourth-order valence-corrected chi connectivity index (χ4v) is 1.73. The lowest BCUT2D eigenvalue weighted by Gasteiger charge is -2.12. The van der Waals surface area contributed by atoms with Crippen LogP contribution in [-0.4, -0.2) is 16.2 Å². The summed E-state index contributed by atoms with van der Waals surface area (Å²) in [4.78, 5) is 23.5. The molecule has 0 aliphatic carbocycles. The highest BCUT2D eigenvalue weighted by Crippen LogP contribution is 2.07. The van der Waals surface area contributed by atoms with Crippen LogP contribution in [-0.2, 0) is 13.6 Å². The number of methoxy groups -OCH3 is 1. The minimum Gasteiger partial charge on any atom is -0.482 e. The van der Waals surface area contributed by atoms with Gasteiger partial charge in [-0.15, -0.1) is 0 Å². The third-order valence-corrected chi connectivity index (χ3v) is 2.75. The van der Waals surface area contributed by atoms with Crippen LogP contribution in [0.5, 0.6) is 5.88 Å². The normalized spacial score (nSPS) is 10.3. The Labute approximate surface area is 104 Å². The van der Waals surface area contributed by atoms with Crippen molar-refractivity contribution in [1.29, 1.82) is 0 Å². The predicted molar refractivity (Wildman–Crippen MR) is 68.0 cm³/mol. The molecule has 2 aromatic rings. The minimum atomic E-state index is -0.386. The van der Waals surface area contributed by atoms with Crippen molar-refractivity contribution in [3.63, 3.8) is 0 Å². The van der Waals surface area contributed by atoms with Crippen molar-refractivity contribution < 1.29 is 4.74 Å². The summed E-state index contributed by atoms with van der Waals surface area (Å²) in [6.45, 7) is 0.372. The van der Waals surface area contributed by atoms with Crippen molar-refractivity contribution >= 4 is 0 Å². The molecule has 0 amide bonds. The molecule has 1 aromatic heterocycles. The van der Waals surface area contributed by atoms with Crippen molar-refractivity contribution in [3.05, 3.63) is 62.8 Å². The van der Waals surface area contributed by atoms with E-state index in [9.17, 15) is 9.59 Å². The Balaban J connectivity index is 2.54. The highest BCUT2D eigenvalue weighted by Gasteiger charge is 2.09. The molecule has 0 saturated carbocycles. The van der Waals surface area contributed by atoms with Gasteiger partial charge in [-0.1, -0.05) is 30.3 Å². The summed E-state index contributed by atoms with van der Waals surface area (Å²) in [5.74, 6) is 0.270. The van der Waals surface area contributed by atoms with Gasteiger partial charge in [0.1, 0.15) is 0 Å². The van der Waals surface area contributed by atoms with E-state index in [1.165, 1.54) is 24.8 Å². The van der Waals surface area contributed by atoms with E-state index in [1.54, 1.807) is 0 Å². The number of hydrogen-bond donors (Lipinski definition) is 0. The molecule has 0 aliphatic rings. The number of rotatable bonds is 3. The molecule has 0 unspecified atom stereocenters. The van der Waals surface area contributed by atoms with Gasteiger partial charge in [0.25, 0.3) is 5.56 Å². The monoisotopic (exact) mass is 246 g/mol. The number of nitrogens with zero attached hydrogens (tertiary/aromatic N) is 2. The first-order valence-electron chi connectivity index (χ1n) is 5.52. The van der Waals surface area contributed by atoms with Crippen LogP contribution in [0, 0.1) is 0 Å². The first-order valence-corrected chi connectivity index (χ1v) is 5.52. The molecule has 18 heavy (non-hydrogen) atoms. The molecule has 0 spiro atoms. The van der Waals surface area contributed by atoms with E-state index in [1.807, 2.05) is 30.3 Å². The molecule has 5 nitrogen and oxygen atoms in total. The van der Waals surface area contributed by atoms with E-state index >= 15 is 0 Å². The van der Waals surface area contributed by atoms with E-state index < -0.39 is 0 Å². The molecule has 0 fully saturated rings. The van der Waals surface area contributed by atoms with Crippen molar-refractivity contribution in [3.8, 4) is 5.88 Å². The average Bonchev–Trinajstić information content (AvgIpc) is 2.40. The smallest absolute Gasteiger partial charge is 0.333 e. The number of ether oxygens (including phenoxy) is 1. The van der Waals surface area contributed by atoms with Crippen LogP contribution in [0.2, 0.25) is 0 Å². The van der Waals surface area contributed by atoms with Gasteiger partial charge in [0.05, 0.1) is 19.7 Å². The minimum absolute atomic E-state index is 0.270. The summed E-state index contributed by atoms with van der Waals surface area (Å²) in [6.07, 6.45) is 0. The predicted octanol–water partition coefficient (Wildman–Crippen LogP) is 0.604. The van der Waals surface area contributed by atoms with Crippen LogP contribution in [0.4, 0.5) is 0 Å². The molecule has 0 atom stereocenters. The van der Waals surface area contributed by atoms with E-state index in [0.29, 0.717) is 6.54 Å². The Morgan fingerprint density at radius 1 is 1.17 bits per heavy atom. The SMILES string of the molecule is COc1cc(=O)n(C)c(=O)n1Cc1ccccc1. The molecule has 2 rings (SSSR count). The lowest BCUT2D eigenvalue weighted by atomic mass is 10.2. The maximum atomic E-state index is 12.0. The third-order valence-electron chi connectivity index (χ3n) is 2.75. The first kappa shape index (κ1) is 12.2. The molecule has 0 saturated heterocycles. The van der Waals surface area contributed by atoms with Crippen LogP contribution in [0.3, 0.4) is 0 Å². The van der Waals surface area contributed by atoms with Crippen LogP contribution in [0.25, 0.3) is 0 Å². The number of benzene rings is 1. The zero-order valence-electron chi connectivity index (χ0n) is 10.3. The summed E-state index contributed by atoms with van der Waals surface area (Å²) < 4.78 is 7.57. The van der Waals surface area contributed by atoms with Gasteiger partial charge < -0.3 is 4.74 Å². The van der Waals surface area contributed by atoms with E-state index in [2.05, 4.69) is 0 Å². The van der Waals surface area contributed by atoms with Crippen LogP contribution in [0.15, 0.2) is 46.0 Å². The second-order valence-corrected chi connectivity index (χ2v) is 3.94. The fraction of sp³-hybridized carbons (Fsp3) is 0.231. The Morgan fingerprint density at radius 2 is 1.83 bits per heavy atom. The Kier molecular flexibility index (Phi) is 3.32. The average molecular weight is 246 g/mol. The fourth-order valence-electron chi connectivity index (χ4n) is 1.73. The summed E-state index contributed by atoms with van der Waals surface area (Å²) in [5, 5.41) is 0. The summed E-state index contributed by atoms with van der Waals surface area (Å²) in [6, 6.07) is 10.8. The lowest BCUT2D eigenvalue weighted by Crippen LogP contribution is -2.38. The Morgan fingerprint density at radius 3 is 2.44 bits per heavy atom. The van der Waals surface area contributed by atoms with Crippen LogP contribution >= 0.6 is 0 Å². The highest BCUT2D eigenvalue weighted by molar-refractivity contribution is 5.18. The Hall–Kier alpha value is -2.30. The van der Waals surface area contributed by atoms with Crippen molar-refractivity contribution in [1.82, 2.24) is 9.13 Å². The molecule has 1 heterocycles. The van der Waals surface area contributed by atoms with Gasteiger partial charge in [0.2, 0.25) is 5.88 Å². The Bertz CT molecular complexity index is 656.